The van der Waals surface area contributed by atoms with E-state index in [0.717, 1.165) is 30.4 Å². The maximum absolute atomic E-state index is 13.9. The lowest BCUT2D eigenvalue weighted by atomic mass is 9.98. The van der Waals surface area contributed by atoms with Crippen LogP contribution in [0.1, 0.15) is 21.5 Å². The molecule has 0 fully saturated rings. The van der Waals surface area contributed by atoms with E-state index in [1.54, 1.807) is 6.07 Å². The Bertz CT molecular complexity index is 823. The first-order chi connectivity index (χ1) is 12.3. The smallest absolute Gasteiger partial charge is 0.308 e. The van der Waals surface area contributed by atoms with Crippen molar-refractivity contribution in [2.24, 2.45) is 5.92 Å². The minimum absolute atomic E-state index is 0.195. The number of nitrogens with one attached hydrogen (secondary N) is 1. The highest BCUT2D eigenvalue weighted by Gasteiger charge is 2.24. The van der Waals surface area contributed by atoms with Crippen LogP contribution in [0.15, 0.2) is 36.4 Å². The van der Waals surface area contributed by atoms with Gasteiger partial charge in [0.2, 0.25) is 0 Å². The number of aliphatic carboxylic acids is 1. The Labute approximate surface area is 149 Å². The molecule has 0 heterocycles. The first-order valence-electron chi connectivity index (χ1n) is 7.92. The molecule has 1 atom stereocenters. The Morgan fingerprint density at radius 3 is 2.50 bits per heavy atom. The third kappa shape index (κ3) is 4.56. The number of hydrogen-bond acceptors (Lipinski definition) is 3. The number of hydrogen-bond donors (Lipinski definition) is 2. The molecule has 0 saturated heterocycles. The van der Waals surface area contributed by atoms with Gasteiger partial charge in [-0.15, -0.1) is 0 Å². The van der Waals surface area contributed by atoms with Gasteiger partial charge < -0.3 is 15.2 Å². The number of carboxylic acids is 1. The summed E-state index contributed by atoms with van der Waals surface area (Å²) in [5.41, 5.74) is 1.20. The van der Waals surface area contributed by atoms with Gasteiger partial charge in [-0.2, -0.15) is 0 Å². The summed E-state index contributed by atoms with van der Waals surface area (Å²) in [6.07, 6.45) is 0.195. The molecular formula is C19H19F2NO4. The van der Waals surface area contributed by atoms with E-state index < -0.39 is 40.7 Å². The molecule has 1 unspecified atom stereocenters. The van der Waals surface area contributed by atoms with Gasteiger partial charge in [0.1, 0.15) is 11.4 Å². The second-order valence-corrected chi connectivity index (χ2v) is 5.88. The van der Waals surface area contributed by atoms with Crippen LogP contribution in [0, 0.1) is 24.5 Å². The summed E-state index contributed by atoms with van der Waals surface area (Å²) >= 11 is 0. The minimum Gasteiger partial charge on any atom is -0.493 e. The van der Waals surface area contributed by atoms with Crippen LogP contribution in [0.4, 0.5) is 8.78 Å². The average molecular weight is 363 g/mol. The predicted molar refractivity (Wildman–Crippen MR) is 91.3 cm³/mol. The normalized spacial score (nSPS) is 11.7. The van der Waals surface area contributed by atoms with Crippen LogP contribution in [0.2, 0.25) is 0 Å². The number of carbonyl (C=O) groups is 2. The largest absolute Gasteiger partial charge is 0.493 e. The number of carbonyl (C=O) groups excluding carboxylic acids is 1. The molecule has 0 radical (unpaired) electrons. The van der Waals surface area contributed by atoms with E-state index in [2.05, 4.69) is 5.32 Å². The zero-order valence-corrected chi connectivity index (χ0v) is 14.4. The Balaban J connectivity index is 2.13. The molecule has 2 aromatic carbocycles. The van der Waals surface area contributed by atoms with Gasteiger partial charge in [-0.1, -0.05) is 29.8 Å². The van der Waals surface area contributed by atoms with E-state index in [-0.39, 0.29) is 13.0 Å². The third-order valence-corrected chi connectivity index (χ3v) is 3.91. The Morgan fingerprint density at radius 1 is 1.19 bits per heavy atom. The highest BCUT2D eigenvalue weighted by Crippen LogP contribution is 2.25. The zero-order valence-electron chi connectivity index (χ0n) is 14.4. The lowest BCUT2D eigenvalue weighted by Crippen LogP contribution is -2.34. The molecule has 0 spiro atoms. The fourth-order valence-corrected chi connectivity index (χ4v) is 2.62. The third-order valence-electron chi connectivity index (χ3n) is 3.91. The number of carboxylic acid groups (broad SMARTS) is 1. The maximum atomic E-state index is 13.9. The molecule has 7 heteroatoms. The molecule has 2 aromatic rings. The van der Waals surface area contributed by atoms with Gasteiger partial charge in [0.05, 0.1) is 13.0 Å². The van der Waals surface area contributed by atoms with Crippen LogP contribution < -0.4 is 10.1 Å². The van der Waals surface area contributed by atoms with E-state index >= 15 is 0 Å². The van der Waals surface area contributed by atoms with Gasteiger partial charge in [0.15, 0.2) is 11.6 Å². The van der Waals surface area contributed by atoms with Crippen molar-refractivity contribution < 1.29 is 28.2 Å². The van der Waals surface area contributed by atoms with Crippen molar-refractivity contribution in [3.8, 4) is 5.75 Å². The van der Waals surface area contributed by atoms with Crippen molar-refractivity contribution in [1.82, 2.24) is 5.32 Å². The summed E-state index contributed by atoms with van der Waals surface area (Å²) in [6.45, 7) is 1.65. The van der Waals surface area contributed by atoms with Gasteiger partial charge in [0.25, 0.3) is 5.91 Å². The van der Waals surface area contributed by atoms with Gasteiger partial charge in [-0.25, -0.2) is 8.78 Å². The van der Waals surface area contributed by atoms with E-state index in [9.17, 15) is 23.5 Å². The number of amides is 1. The van der Waals surface area contributed by atoms with Crippen molar-refractivity contribution >= 4 is 11.9 Å². The molecule has 0 aliphatic heterocycles. The summed E-state index contributed by atoms with van der Waals surface area (Å²) < 4.78 is 32.3. The second-order valence-electron chi connectivity index (χ2n) is 5.88. The topological polar surface area (TPSA) is 75.6 Å². The number of benzene rings is 2. The van der Waals surface area contributed by atoms with Crippen molar-refractivity contribution in [1.29, 1.82) is 0 Å². The van der Waals surface area contributed by atoms with E-state index in [1.807, 2.05) is 25.1 Å². The highest BCUT2D eigenvalue weighted by atomic mass is 19.1. The summed E-state index contributed by atoms with van der Waals surface area (Å²) in [7, 11) is 1.12. The van der Waals surface area contributed by atoms with Crippen LogP contribution >= 0.6 is 0 Å². The van der Waals surface area contributed by atoms with Gasteiger partial charge >= 0.3 is 5.97 Å². The number of aryl methyl sites for hydroxylation is 1. The Hall–Kier alpha value is -2.96. The molecular weight excluding hydrogens is 344 g/mol. The summed E-state index contributed by atoms with van der Waals surface area (Å²) in [6, 6.07) is 9.01. The summed E-state index contributed by atoms with van der Waals surface area (Å²) in [5.74, 6) is -5.30. The van der Waals surface area contributed by atoms with Gasteiger partial charge in [-0.3, -0.25) is 9.59 Å². The van der Waals surface area contributed by atoms with Gasteiger partial charge in [0, 0.05) is 6.54 Å². The lowest BCUT2D eigenvalue weighted by molar-refractivity contribution is -0.141. The SMILES string of the molecule is COc1c(F)ccc(F)c1C(=O)NCC(Cc1cccc(C)c1)C(=O)O. The summed E-state index contributed by atoms with van der Waals surface area (Å²) in [4.78, 5) is 23.7. The fourth-order valence-electron chi connectivity index (χ4n) is 2.62. The summed E-state index contributed by atoms with van der Waals surface area (Å²) in [5, 5.41) is 11.7. The van der Waals surface area contributed by atoms with Crippen LogP contribution in [0.25, 0.3) is 0 Å². The molecule has 26 heavy (non-hydrogen) atoms. The molecule has 0 aliphatic carbocycles. The Kier molecular flexibility index (Phi) is 6.27. The van der Waals surface area contributed by atoms with Crippen molar-refractivity contribution in [3.63, 3.8) is 0 Å². The van der Waals surface area contributed by atoms with E-state index in [1.165, 1.54) is 0 Å². The maximum Gasteiger partial charge on any atom is 0.308 e. The number of halogens is 2. The zero-order chi connectivity index (χ0) is 19.3. The van der Waals surface area contributed by atoms with Crippen LogP contribution in [-0.4, -0.2) is 30.6 Å². The first kappa shape index (κ1) is 19.4. The molecule has 2 N–H and O–H groups in total. The van der Waals surface area contributed by atoms with Gasteiger partial charge in [-0.05, 0) is 31.0 Å². The molecule has 138 valence electrons. The monoisotopic (exact) mass is 363 g/mol. The number of rotatable bonds is 7. The molecule has 5 nitrogen and oxygen atoms in total. The van der Waals surface area contributed by atoms with Crippen LogP contribution in [0.5, 0.6) is 5.75 Å². The molecule has 2 rings (SSSR count). The molecule has 0 aromatic heterocycles. The quantitative estimate of drug-likeness (QED) is 0.793. The standard InChI is InChI=1S/C19H19F2NO4/c1-11-4-3-5-12(8-11)9-13(19(24)25)10-22-18(23)16-14(20)6-7-15(21)17(16)26-2/h3-8,13H,9-10H2,1-2H3,(H,22,23)(H,24,25). The number of ether oxygens (including phenoxy) is 1. The van der Waals surface area contributed by atoms with Crippen molar-refractivity contribution in [2.75, 3.05) is 13.7 Å². The molecule has 0 bridgehead atoms. The van der Waals surface area contributed by atoms with E-state index in [4.69, 9.17) is 4.74 Å². The second kappa shape index (κ2) is 8.42. The molecule has 0 saturated carbocycles. The molecule has 1 amide bonds. The number of methoxy groups -OCH3 is 1. The Morgan fingerprint density at radius 2 is 1.88 bits per heavy atom. The lowest BCUT2D eigenvalue weighted by Gasteiger charge is -2.15. The van der Waals surface area contributed by atoms with Crippen molar-refractivity contribution in [2.45, 2.75) is 13.3 Å². The van der Waals surface area contributed by atoms with E-state index in [0.29, 0.717) is 0 Å². The fraction of sp³-hybridized carbons (Fsp3) is 0.263. The minimum atomic E-state index is -1.10. The first-order valence-corrected chi connectivity index (χ1v) is 7.92. The average Bonchev–Trinajstić information content (AvgIpc) is 2.59. The highest BCUT2D eigenvalue weighted by molar-refractivity contribution is 5.97. The van der Waals surface area contributed by atoms with Crippen LogP contribution in [-0.2, 0) is 11.2 Å². The predicted octanol–water partition coefficient (Wildman–Crippen LogP) is 2.96. The molecule has 0 aliphatic rings. The van der Waals surface area contributed by atoms with Crippen molar-refractivity contribution in [3.05, 3.63) is 64.7 Å². The van der Waals surface area contributed by atoms with Crippen LogP contribution in [0.3, 0.4) is 0 Å².